The quantitative estimate of drug-likeness (QED) is 0.801. The van der Waals surface area contributed by atoms with E-state index in [-0.39, 0.29) is 23.6 Å². The lowest BCUT2D eigenvalue weighted by atomic mass is 10.1. The Morgan fingerprint density at radius 3 is 2.35 bits per heavy atom. The lowest BCUT2D eigenvalue weighted by Gasteiger charge is -2.14. The highest BCUT2D eigenvalue weighted by Crippen LogP contribution is 2.12. The fourth-order valence-corrected chi connectivity index (χ4v) is 3.88. The molecule has 0 bridgehead atoms. The summed E-state index contributed by atoms with van der Waals surface area (Å²) in [4.78, 5) is 26.1. The average Bonchev–Trinajstić information content (AvgIpc) is 2.49. The number of benzene rings is 1. The van der Waals surface area contributed by atoms with Gasteiger partial charge in [-0.15, -0.1) is 0 Å². The maximum absolute atomic E-state index is 12.1. The fraction of sp³-hybridized carbons (Fsp3) is 0.375. The van der Waals surface area contributed by atoms with Gasteiger partial charge in [-0.3, -0.25) is 14.3 Å². The van der Waals surface area contributed by atoms with Gasteiger partial charge in [0.2, 0.25) is 0 Å². The standard InChI is InChI=1S/C16H20N2O4S/c1-3-13-14(19)17-16(20)18(15(13)23(2,21)22)11-7-10-12-8-5-4-6-9-12/h4-6,8-9H,3,7,10-11H2,1-2H3,(H,17,19,20). The SMILES string of the molecule is CCc1c(S(C)(=O)=O)n(CCCc2ccccc2)c(=O)[nH]c1=O. The van der Waals surface area contributed by atoms with Gasteiger partial charge < -0.3 is 0 Å². The first-order chi connectivity index (χ1) is 10.8. The minimum atomic E-state index is -3.67. The topological polar surface area (TPSA) is 89.0 Å². The highest BCUT2D eigenvalue weighted by Gasteiger charge is 2.21. The van der Waals surface area contributed by atoms with Crippen LogP contribution < -0.4 is 11.2 Å². The molecule has 7 heteroatoms. The average molecular weight is 336 g/mol. The third-order valence-electron chi connectivity index (χ3n) is 3.64. The van der Waals surface area contributed by atoms with E-state index in [1.165, 1.54) is 4.57 Å². The maximum atomic E-state index is 12.1. The summed E-state index contributed by atoms with van der Waals surface area (Å²) in [6, 6.07) is 9.73. The Morgan fingerprint density at radius 2 is 1.78 bits per heavy atom. The predicted octanol–water partition coefficient (Wildman–Crippen LogP) is 1.14. The van der Waals surface area contributed by atoms with Crippen molar-refractivity contribution in [3.05, 3.63) is 62.3 Å². The predicted molar refractivity (Wildman–Crippen MR) is 88.6 cm³/mol. The summed E-state index contributed by atoms with van der Waals surface area (Å²) in [5.41, 5.74) is -0.0636. The van der Waals surface area contributed by atoms with Crippen molar-refractivity contribution < 1.29 is 8.42 Å². The van der Waals surface area contributed by atoms with E-state index in [9.17, 15) is 18.0 Å². The minimum absolute atomic E-state index is 0.131. The second-order valence-electron chi connectivity index (χ2n) is 5.41. The van der Waals surface area contributed by atoms with E-state index in [0.29, 0.717) is 6.42 Å². The summed E-state index contributed by atoms with van der Waals surface area (Å²) in [5.74, 6) is 0. The number of hydrogen-bond acceptors (Lipinski definition) is 4. The van der Waals surface area contributed by atoms with Crippen LogP contribution in [0, 0.1) is 0 Å². The van der Waals surface area contributed by atoms with E-state index >= 15 is 0 Å². The second-order valence-corrected chi connectivity index (χ2v) is 7.34. The van der Waals surface area contributed by atoms with E-state index in [2.05, 4.69) is 4.98 Å². The Balaban J connectivity index is 2.38. The summed E-state index contributed by atoms with van der Waals surface area (Å²) in [7, 11) is -3.67. The number of sulfone groups is 1. The smallest absolute Gasteiger partial charge is 0.284 e. The molecule has 0 aliphatic carbocycles. The molecule has 0 fully saturated rings. The molecule has 1 heterocycles. The highest BCUT2D eigenvalue weighted by molar-refractivity contribution is 7.90. The molecule has 1 aromatic heterocycles. The van der Waals surface area contributed by atoms with E-state index in [1.807, 2.05) is 30.3 Å². The number of aromatic amines is 1. The molecule has 124 valence electrons. The van der Waals surface area contributed by atoms with Gasteiger partial charge in [0.15, 0.2) is 9.84 Å². The Bertz CT molecular complexity index is 896. The summed E-state index contributed by atoms with van der Waals surface area (Å²) in [6.45, 7) is 1.93. The molecule has 0 spiro atoms. The van der Waals surface area contributed by atoms with Crippen molar-refractivity contribution in [3.63, 3.8) is 0 Å². The molecular weight excluding hydrogens is 316 g/mol. The zero-order valence-corrected chi connectivity index (χ0v) is 14.0. The lowest BCUT2D eigenvalue weighted by Crippen LogP contribution is -2.36. The second kappa shape index (κ2) is 6.95. The summed E-state index contributed by atoms with van der Waals surface area (Å²) >= 11 is 0. The fourth-order valence-electron chi connectivity index (χ4n) is 2.62. The molecule has 0 amide bonds. The molecule has 2 rings (SSSR count). The van der Waals surface area contributed by atoms with Crippen LogP contribution in [-0.4, -0.2) is 24.2 Å². The summed E-state index contributed by atoms with van der Waals surface area (Å²) in [6.07, 6.45) is 2.59. The molecule has 1 N–H and O–H groups in total. The Morgan fingerprint density at radius 1 is 1.13 bits per heavy atom. The van der Waals surface area contributed by atoms with Gasteiger partial charge in [-0.05, 0) is 24.8 Å². The van der Waals surface area contributed by atoms with Crippen LogP contribution in [0.3, 0.4) is 0 Å². The molecule has 0 saturated carbocycles. The molecule has 0 unspecified atom stereocenters. The van der Waals surface area contributed by atoms with Gasteiger partial charge in [-0.25, -0.2) is 13.2 Å². The zero-order valence-electron chi connectivity index (χ0n) is 13.2. The number of rotatable bonds is 6. The molecule has 0 aliphatic heterocycles. The molecule has 0 radical (unpaired) electrons. The lowest BCUT2D eigenvalue weighted by molar-refractivity contribution is 0.525. The molecular formula is C16H20N2O4S. The van der Waals surface area contributed by atoms with Crippen molar-refractivity contribution >= 4 is 9.84 Å². The summed E-state index contributed by atoms with van der Waals surface area (Å²) in [5, 5.41) is -0.165. The molecule has 6 nitrogen and oxygen atoms in total. The number of H-pyrrole nitrogens is 1. The van der Waals surface area contributed by atoms with Gasteiger partial charge in [0.05, 0.1) is 5.56 Å². The maximum Gasteiger partial charge on any atom is 0.329 e. The van der Waals surface area contributed by atoms with Gasteiger partial charge in [-0.2, -0.15) is 0 Å². The first kappa shape index (κ1) is 17.2. The van der Waals surface area contributed by atoms with Crippen molar-refractivity contribution in [1.29, 1.82) is 0 Å². The molecule has 1 aromatic carbocycles. The van der Waals surface area contributed by atoms with Gasteiger partial charge in [-0.1, -0.05) is 37.3 Å². The zero-order chi connectivity index (χ0) is 17.0. The molecule has 0 saturated heterocycles. The molecule has 2 aromatic rings. The first-order valence-corrected chi connectivity index (χ1v) is 9.33. The highest BCUT2D eigenvalue weighted by atomic mass is 32.2. The number of nitrogens with zero attached hydrogens (tertiary/aromatic N) is 1. The largest absolute Gasteiger partial charge is 0.329 e. The monoisotopic (exact) mass is 336 g/mol. The van der Waals surface area contributed by atoms with Crippen molar-refractivity contribution in [2.24, 2.45) is 0 Å². The van der Waals surface area contributed by atoms with Crippen LogP contribution in [0.5, 0.6) is 0 Å². The van der Waals surface area contributed by atoms with E-state index < -0.39 is 21.1 Å². The van der Waals surface area contributed by atoms with Gasteiger partial charge in [0.25, 0.3) is 5.56 Å². The molecule has 0 aliphatic rings. The summed E-state index contributed by atoms with van der Waals surface area (Å²) < 4.78 is 25.3. The van der Waals surface area contributed by atoms with Gasteiger partial charge in [0, 0.05) is 12.8 Å². The Hall–Kier alpha value is -2.15. The van der Waals surface area contributed by atoms with Crippen molar-refractivity contribution in [3.8, 4) is 0 Å². The third kappa shape index (κ3) is 3.98. The van der Waals surface area contributed by atoms with Crippen LogP contribution in [0.25, 0.3) is 0 Å². The van der Waals surface area contributed by atoms with Gasteiger partial charge in [0.1, 0.15) is 5.03 Å². The van der Waals surface area contributed by atoms with E-state index in [4.69, 9.17) is 0 Å². The van der Waals surface area contributed by atoms with Crippen molar-refractivity contribution in [2.75, 3.05) is 6.26 Å². The van der Waals surface area contributed by atoms with Crippen LogP contribution in [-0.2, 0) is 29.2 Å². The molecule has 23 heavy (non-hydrogen) atoms. The number of hydrogen-bond donors (Lipinski definition) is 1. The van der Waals surface area contributed by atoms with Crippen molar-refractivity contribution in [2.45, 2.75) is 37.8 Å². The van der Waals surface area contributed by atoms with E-state index in [1.54, 1.807) is 6.92 Å². The normalized spacial score (nSPS) is 11.6. The van der Waals surface area contributed by atoms with Crippen LogP contribution in [0.4, 0.5) is 0 Å². The Labute approximate surface area is 134 Å². The Kier molecular flexibility index (Phi) is 5.20. The first-order valence-electron chi connectivity index (χ1n) is 7.44. The number of aryl methyl sites for hydroxylation is 1. The third-order valence-corrected chi connectivity index (χ3v) is 4.81. The van der Waals surface area contributed by atoms with Crippen LogP contribution in [0.1, 0.15) is 24.5 Å². The van der Waals surface area contributed by atoms with Gasteiger partial charge >= 0.3 is 5.69 Å². The van der Waals surface area contributed by atoms with Crippen molar-refractivity contribution in [1.82, 2.24) is 9.55 Å². The van der Waals surface area contributed by atoms with Crippen LogP contribution in [0.15, 0.2) is 44.9 Å². The molecule has 0 atom stereocenters. The number of aromatic nitrogens is 2. The number of nitrogens with one attached hydrogen (secondary N) is 1. The van der Waals surface area contributed by atoms with E-state index in [0.717, 1.165) is 18.2 Å². The minimum Gasteiger partial charge on any atom is -0.284 e. The van der Waals surface area contributed by atoms with Crippen LogP contribution in [0.2, 0.25) is 0 Å². The van der Waals surface area contributed by atoms with Crippen LogP contribution >= 0.6 is 0 Å².